The number of benzene rings is 2. The molecule has 0 atom stereocenters. The van der Waals surface area contributed by atoms with Crippen LogP contribution in [0.2, 0.25) is 0 Å². The Labute approximate surface area is 123 Å². The Morgan fingerprint density at radius 1 is 1.10 bits per heavy atom. The molecule has 0 aliphatic heterocycles. The van der Waals surface area contributed by atoms with Crippen LogP contribution < -0.4 is 10.6 Å². The molecule has 3 aromatic rings. The van der Waals surface area contributed by atoms with Gasteiger partial charge in [0.1, 0.15) is 0 Å². The Balaban J connectivity index is 1.90. The molecule has 0 fully saturated rings. The van der Waals surface area contributed by atoms with Crippen molar-refractivity contribution in [2.24, 2.45) is 0 Å². The molecule has 4 heteroatoms. The normalized spacial score (nSPS) is 10.7. The van der Waals surface area contributed by atoms with E-state index in [1.165, 1.54) is 0 Å². The average molecular weight is 279 g/mol. The summed E-state index contributed by atoms with van der Waals surface area (Å²) >= 11 is 0. The number of amides is 1. The maximum atomic E-state index is 12.5. The summed E-state index contributed by atoms with van der Waals surface area (Å²) in [7, 11) is 1.89. The molecular weight excluding hydrogens is 262 g/mol. The van der Waals surface area contributed by atoms with Crippen LogP contribution in [0.3, 0.4) is 0 Å². The predicted molar refractivity (Wildman–Crippen MR) is 85.5 cm³/mol. The molecule has 21 heavy (non-hydrogen) atoms. The van der Waals surface area contributed by atoms with E-state index in [1.54, 1.807) is 6.20 Å². The van der Waals surface area contributed by atoms with Gasteiger partial charge in [0.15, 0.2) is 0 Å². The van der Waals surface area contributed by atoms with E-state index in [1.807, 2.05) is 55.6 Å². The van der Waals surface area contributed by atoms with E-state index >= 15 is 0 Å². The van der Waals surface area contributed by atoms with Crippen LogP contribution in [0.1, 0.15) is 15.9 Å². The van der Waals surface area contributed by atoms with Gasteiger partial charge in [-0.25, -0.2) is 0 Å². The topological polar surface area (TPSA) is 56.9 Å². The molecule has 0 aliphatic carbocycles. The molecule has 0 bridgehead atoms. The Morgan fingerprint density at radius 2 is 1.86 bits per heavy atom. The van der Waals surface area contributed by atoms with Crippen LogP contribution in [-0.2, 0) is 6.54 Å². The van der Waals surface area contributed by atoms with Gasteiger partial charge < -0.3 is 15.6 Å². The fraction of sp³-hybridized carbons (Fsp3) is 0.118. The van der Waals surface area contributed by atoms with Crippen LogP contribution >= 0.6 is 0 Å². The second kappa shape index (κ2) is 5.81. The van der Waals surface area contributed by atoms with E-state index in [0.717, 1.165) is 22.2 Å². The summed E-state index contributed by atoms with van der Waals surface area (Å²) in [4.78, 5) is 15.6. The van der Waals surface area contributed by atoms with Gasteiger partial charge in [-0.15, -0.1) is 0 Å². The minimum absolute atomic E-state index is 0.101. The van der Waals surface area contributed by atoms with Crippen molar-refractivity contribution < 1.29 is 4.79 Å². The van der Waals surface area contributed by atoms with Crippen molar-refractivity contribution in [2.75, 3.05) is 12.4 Å². The third kappa shape index (κ3) is 2.66. The lowest BCUT2D eigenvalue weighted by atomic mass is 10.1. The molecule has 1 amide bonds. The first-order chi connectivity index (χ1) is 10.3. The smallest absolute Gasteiger partial charge is 0.257 e. The summed E-state index contributed by atoms with van der Waals surface area (Å²) in [5.41, 5.74) is 3.52. The number of para-hydroxylation sites is 2. The lowest BCUT2D eigenvalue weighted by Crippen LogP contribution is -2.15. The van der Waals surface area contributed by atoms with Gasteiger partial charge in [0, 0.05) is 29.3 Å². The van der Waals surface area contributed by atoms with Crippen LogP contribution in [0.4, 0.5) is 5.69 Å². The number of hydrogen-bond donors (Lipinski definition) is 3. The molecule has 4 nitrogen and oxygen atoms in total. The molecule has 1 heterocycles. The van der Waals surface area contributed by atoms with Crippen LogP contribution in [0.5, 0.6) is 0 Å². The van der Waals surface area contributed by atoms with Crippen LogP contribution in [-0.4, -0.2) is 17.9 Å². The largest absolute Gasteiger partial charge is 0.360 e. The van der Waals surface area contributed by atoms with Crippen molar-refractivity contribution in [1.82, 2.24) is 10.3 Å². The molecule has 0 aliphatic rings. The van der Waals surface area contributed by atoms with Crippen molar-refractivity contribution in [3.8, 4) is 0 Å². The molecule has 0 radical (unpaired) electrons. The SMILES string of the molecule is CNCc1ccccc1NC(=O)c1c[nH]c2ccccc12. The molecule has 2 aromatic carbocycles. The van der Waals surface area contributed by atoms with Crippen LogP contribution in [0.25, 0.3) is 10.9 Å². The zero-order chi connectivity index (χ0) is 14.7. The summed E-state index contributed by atoms with van der Waals surface area (Å²) in [6, 6.07) is 15.6. The van der Waals surface area contributed by atoms with Gasteiger partial charge in [-0.3, -0.25) is 4.79 Å². The van der Waals surface area contributed by atoms with E-state index < -0.39 is 0 Å². The lowest BCUT2D eigenvalue weighted by Gasteiger charge is -2.10. The van der Waals surface area contributed by atoms with Gasteiger partial charge in [0.25, 0.3) is 5.91 Å². The fourth-order valence-electron chi connectivity index (χ4n) is 2.44. The molecule has 106 valence electrons. The first-order valence-electron chi connectivity index (χ1n) is 6.89. The standard InChI is InChI=1S/C17H17N3O/c1-18-10-12-6-2-4-8-15(12)20-17(21)14-11-19-16-9-5-3-7-13(14)16/h2-9,11,18-19H,10H2,1H3,(H,20,21). The number of carbonyl (C=O) groups excluding carboxylic acids is 1. The third-order valence-corrected chi connectivity index (χ3v) is 3.47. The molecule has 0 spiro atoms. The van der Waals surface area contributed by atoms with E-state index in [9.17, 15) is 4.79 Å². The van der Waals surface area contributed by atoms with Crippen molar-refractivity contribution >= 4 is 22.5 Å². The summed E-state index contributed by atoms with van der Waals surface area (Å²) < 4.78 is 0. The Kier molecular flexibility index (Phi) is 3.71. The van der Waals surface area contributed by atoms with Gasteiger partial charge in [-0.05, 0) is 24.7 Å². The average Bonchev–Trinajstić information content (AvgIpc) is 2.93. The zero-order valence-corrected chi connectivity index (χ0v) is 11.8. The van der Waals surface area contributed by atoms with E-state index in [4.69, 9.17) is 0 Å². The van der Waals surface area contributed by atoms with Crippen molar-refractivity contribution in [2.45, 2.75) is 6.54 Å². The van der Waals surface area contributed by atoms with Gasteiger partial charge in [0.05, 0.1) is 5.56 Å². The summed E-state index contributed by atoms with van der Waals surface area (Å²) in [5.74, 6) is -0.101. The maximum absolute atomic E-state index is 12.5. The highest BCUT2D eigenvalue weighted by molar-refractivity contribution is 6.12. The van der Waals surface area contributed by atoms with Crippen molar-refractivity contribution in [3.05, 3.63) is 65.9 Å². The van der Waals surface area contributed by atoms with E-state index in [-0.39, 0.29) is 5.91 Å². The van der Waals surface area contributed by atoms with Gasteiger partial charge in [-0.1, -0.05) is 36.4 Å². The molecule has 0 unspecified atom stereocenters. The molecular formula is C17H17N3O. The highest BCUT2D eigenvalue weighted by atomic mass is 16.1. The number of fused-ring (bicyclic) bond motifs is 1. The number of anilines is 1. The number of rotatable bonds is 4. The van der Waals surface area contributed by atoms with Crippen LogP contribution in [0, 0.1) is 0 Å². The third-order valence-electron chi connectivity index (χ3n) is 3.47. The number of hydrogen-bond acceptors (Lipinski definition) is 2. The van der Waals surface area contributed by atoms with Crippen molar-refractivity contribution in [1.29, 1.82) is 0 Å². The Bertz CT molecular complexity index is 776. The second-order valence-electron chi connectivity index (χ2n) is 4.89. The Hall–Kier alpha value is -2.59. The quantitative estimate of drug-likeness (QED) is 0.687. The predicted octanol–water partition coefficient (Wildman–Crippen LogP) is 3.14. The first-order valence-corrected chi connectivity index (χ1v) is 6.89. The minimum Gasteiger partial charge on any atom is -0.360 e. The molecule has 1 aromatic heterocycles. The van der Waals surface area contributed by atoms with E-state index in [2.05, 4.69) is 15.6 Å². The molecule has 0 saturated heterocycles. The minimum atomic E-state index is -0.101. The molecule has 3 N–H and O–H groups in total. The van der Waals surface area contributed by atoms with Crippen molar-refractivity contribution in [3.63, 3.8) is 0 Å². The lowest BCUT2D eigenvalue weighted by molar-refractivity contribution is 0.102. The number of aromatic nitrogens is 1. The number of H-pyrrole nitrogens is 1. The van der Waals surface area contributed by atoms with Gasteiger partial charge >= 0.3 is 0 Å². The highest BCUT2D eigenvalue weighted by Gasteiger charge is 2.13. The first kappa shape index (κ1) is 13.4. The number of carbonyl (C=O) groups is 1. The molecule has 0 saturated carbocycles. The van der Waals surface area contributed by atoms with Gasteiger partial charge in [0.2, 0.25) is 0 Å². The van der Waals surface area contributed by atoms with E-state index in [0.29, 0.717) is 12.1 Å². The van der Waals surface area contributed by atoms with Gasteiger partial charge in [-0.2, -0.15) is 0 Å². The fourth-order valence-corrected chi connectivity index (χ4v) is 2.44. The summed E-state index contributed by atoms with van der Waals surface area (Å²) in [6.07, 6.45) is 1.75. The monoisotopic (exact) mass is 279 g/mol. The summed E-state index contributed by atoms with van der Waals surface area (Å²) in [6.45, 7) is 0.713. The maximum Gasteiger partial charge on any atom is 0.257 e. The molecule has 3 rings (SSSR count). The second-order valence-corrected chi connectivity index (χ2v) is 4.89. The number of nitrogens with one attached hydrogen (secondary N) is 3. The number of aromatic amines is 1. The Morgan fingerprint density at radius 3 is 2.71 bits per heavy atom. The highest BCUT2D eigenvalue weighted by Crippen LogP contribution is 2.21. The summed E-state index contributed by atoms with van der Waals surface area (Å²) in [5, 5.41) is 7.03. The van der Waals surface area contributed by atoms with Crippen LogP contribution in [0.15, 0.2) is 54.7 Å². The zero-order valence-electron chi connectivity index (χ0n) is 11.8.